The molecule has 0 radical (unpaired) electrons. The third-order valence-corrected chi connectivity index (χ3v) is 1.89. The summed E-state index contributed by atoms with van der Waals surface area (Å²) in [5.74, 6) is -0.102. The van der Waals surface area contributed by atoms with E-state index in [2.05, 4.69) is 15.0 Å². The highest BCUT2D eigenvalue weighted by Gasteiger charge is 2.05. The van der Waals surface area contributed by atoms with Gasteiger partial charge in [-0.2, -0.15) is 0 Å². The lowest BCUT2D eigenvalue weighted by Crippen LogP contribution is -2.14. The summed E-state index contributed by atoms with van der Waals surface area (Å²) in [6, 6.07) is 11.0. The van der Waals surface area contributed by atoms with Crippen molar-refractivity contribution in [2.24, 2.45) is 0 Å². The molecular formula is C11H10N2O2. The van der Waals surface area contributed by atoms with E-state index < -0.39 is 0 Å². The maximum atomic E-state index is 11.5. The molecule has 0 spiro atoms. The fraction of sp³-hybridized carbons (Fsp3) is 0.0909. The van der Waals surface area contributed by atoms with Crippen molar-refractivity contribution < 1.29 is 9.32 Å². The summed E-state index contributed by atoms with van der Waals surface area (Å²) in [6.07, 6.45) is 1.68. The molecular weight excluding hydrogens is 192 g/mol. The molecule has 4 nitrogen and oxygen atoms in total. The lowest BCUT2D eigenvalue weighted by Gasteiger charge is -2.02. The SMILES string of the molecule is O=C(Cc1ccon1)Nc1ccccc1. The molecule has 0 unspecified atom stereocenters. The zero-order valence-corrected chi connectivity index (χ0v) is 8.01. The predicted molar refractivity (Wildman–Crippen MR) is 55.3 cm³/mol. The average Bonchev–Trinajstić information content (AvgIpc) is 2.71. The Morgan fingerprint density at radius 1 is 1.27 bits per heavy atom. The zero-order chi connectivity index (χ0) is 10.5. The molecule has 76 valence electrons. The Morgan fingerprint density at radius 3 is 2.73 bits per heavy atom. The predicted octanol–water partition coefficient (Wildman–Crippen LogP) is 1.86. The second-order valence-electron chi connectivity index (χ2n) is 3.08. The van der Waals surface area contributed by atoms with Crippen molar-refractivity contribution in [2.45, 2.75) is 6.42 Å². The van der Waals surface area contributed by atoms with Gasteiger partial charge in [0, 0.05) is 11.8 Å². The topological polar surface area (TPSA) is 55.1 Å². The van der Waals surface area contributed by atoms with Crippen molar-refractivity contribution in [1.82, 2.24) is 5.16 Å². The number of hydrogen-bond donors (Lipinski definition) is 1. The van der Waals surface area contributed by atoms with E-state index in [0.717, 1.165) is 5.69 Å². The fourth-order valence-corrected chi connectivity index (χ4v) is 1.22. The molecule has 4 heteroatoms. The third-order valence-electron chi connectivity index (χ3n) is 1.89. The van der Waals surface area contributed by atoms with Gasteiger partial charge in [0.2, 0.25) is 5.91 Å². The van der Waals surface area contributed by atoms with E-state index in [1.54, 1.807) is 6.07 Å². The second kappa shape index (κ2) is 4.41. The normalized spacial score (nSPS) is 9.87. The summed E-state index contributed by atoms with van der Waals surface area (Å²) in [4.78, 5) is 11.5. The summed E-state index contributed by atoms with van der Waals surface area (Å²) in [5.41, 5.74) is 1.41. The summed E-state index contributed by atoms with van der Waals surface area (Å²) in [5, 5.41) is 6.42. The van der Waals surface area contributed by atoms with Gasteiger partial charge in [-0.1, -0.05) is 23.4 Å². The maximum absolute atomic E-state index is 11.5. The van der Waals surface area contributed by atoms with Crippen LogP contribution in [0.1, 0.15) is 5.69 Å². The van der Waals surface area contributed by atoms with Crippen LogP contribution in [0.5, 0.6) is 0 Å². The molecule has 2 aromatic rings. The minimum absolute atomic E-state index is 0.102. The van der Waals surface area contributed by atoms with E-state index in [9.17, 15) is 4.79 Å². The van der Waals surface area contributed by atoms with E-state index in [1.165, 1.54) is 6.26 Å². The largest absolute Gasteiger partial charge is 0.364 e. The molecule has 15 heavy (non-hydrogen) atoms. The van der Waals surface area contributed by atoms with Gasteiger partial charge in [0.15, 0.2) is 0 Å². The first-order valence-corrected chi connectivity index (χ1v) is 4.59. The first-order valence-electron chi connectivity index (χ1n) is 4.59. The van der Waals surface area contributed by atoms with Crippen LogP contribution < -0.4 is 5.32 Å². The van der Waals surface area contributed by atoms with Crippen LogP contribution in [-0.4, -0.2) is 11.1 Å². The van der Waals surface area contributed by atoms with Gasteiger partial charge in [0.05, 0.1) is 12.1 Å². The second-order valence-corrected chi connectivity index (χ2v) is 3.08. The van der Waals surface area contributed by atoms with Crippen LogP contribution in [0.4, 0.5) is 5.69 Å². The van der Waals surface area contributed by atoms with Gasteiger partial charge >= 0.3 is 0 Å². The summed E-state index contributed by atoms with van der Waals surface area (Å²) < 4.78 is 4.64. The molecule has 0 atom stereocenters. The van der Waals surface area contributed by atoms with Crippen molar-refractivity contribution in [3.63, 3.8) is 0 Å². The molecule has 0 aliphatic carbocycles. The minimum Gasteiger partial charge on any atom is -0.364 e. The van der Waals surface area contributed by atoms with Crippen LogP contribution in [0, 0.1) is 0 Å². The number of nitrogens with zero attached hydrogens (tertiary/aromatic N) is 1. The Labute approximate surface area is 86.9 Å². The number of nitrogens with one attached hydrogen (secondary N) is 1. The molecule has 2 rings (SSSR count). The quantitative estimate of drug-likeness (QED) is 0.826. The van der Waals surface area contributed by atoms with E-state index in [4.69, 9.17) is 0 Å². The van der Waals surface area contributed by atoms with Crippen LogP contribution in [0.2, 0.25) is 0 Å². The standard InChI is InChI=1S/C11H10N2O2/c14-11(8-10-6-7-15-13-10)12-9-4-2-1-3-5-9/h1-7H,8H2,(H,12,14). The van der Waals surface area contributed by atoms with Crippen LogP contribution in [-0.2, 0) is 11.2 Å². The number of para-hydroxylation sites is 1. The number of rotatable bonds is 3. The molecule has 0 aliphatic rings. The summed E-state index contributed by atoms with van der Waals surface area (Å²) in [7, 11) is 0. The maximum Gasteiger partial charge on any atom is 0.230 e. The fourth-order valence-electron chi connectivity index (χ4n) is 1.22. The van der Waals surface area contributed by atoms with E-state index in [0.29, 0.717) is 5.69 Å². The Morgan fingerprint density at radius 2 is 2.07 bits per heavy atom. The Bertz CT molecular complexity index is 423. The molecule has 0 saturated heterocycles. The summed E-state index contributed by atoms with van der Waals surface area (Å²) in [6.45, 7) is 0. The first kappa shape index (κ1) is 9.45. The van der Waals surface area contributed by atoms with Crippen molar-refractivity contribution in [1.29, 1.82) is 0 Å². The molecule has 0 aliphatic heterocycles. The molecule has 0 fully saturated rings. The molecule has 1 aromatic heterocycles. The average molecular weight is 202 g/mol. The Hall–Kier alpha value is -2.10. The summed E-state index contributed by atoms with van der Waals surface area (Å²) >= 11 is 0. The number of carbonyl (C=O) groups is 1. The van der Waals surface area contributed by atoms with E-state index in [1.807, 2.05) is 30.3 Å². The molecule has 0 saturated carbocycles. The van der Waals surface area contributed by atoms with Gasteiger partial charge < -0.3 is 9.84 Å². The smallest absolute Gasteiger partial charge is 0.230 e. The van der Waals surface area contributed by atoms with Gasteiger partial charge in [-0.25, -0.2) is 0 Å². The van der Waals surface area contributed by atoms with Gasteiger partial charge in [-0.3, -0.25) is 4.79 Å². The van der Waals surface area contributed by atoms with Gasteiger partial charge in [-0.15, -0.1) is 0 Å². The molecule has 0 bridgehead atoms. The number of amides is 1. The van der Waals surface area contributed by atoms with Crippen molar-refractivity contribution in [2.75, 3.05) is 5.32 Å². The van der Waals surface area contributed by atoms with Crippen LogP contribution >= 0.6 is 0 Å². The van der Waals surface area contributed by atoms with Gasteiger partial charge in [0.25, 0.3) is 0 Å². The molecule has 1 amide bonds. The van der Waals surface area contributed by atoms with E-state index in [-0.39, 0.29) is 12.3 Å². The lowest BCUT2D eigenvalue weighted by molar-refractivity contribution is -0.115. The third kappa shape index (κ3) is 2.67. The number of aromatic nitrogens is 1. The molecule has 1 aromatic carbocycles. The van der Waals surface area contributed by atoms with E-state index >= 15 is 0 Å². The first-order chi connectivity index (χ1) is 7.34. The Balaban J connectivity index is 1.94. The highest BCUT2D eigenvalue weighted by atomic mass is 16.5. The van der Waals surface area contributed by atoms with Crippen LogP contribution in [0.25, 0.3) is 0 Å². The number of carbonyl (C=O) groups excluding carboxylic acids is 1. The number of anilines is 1. The Kier molecular flexibility index (Phi) is 2.78. The van der Waals surface area contributed by atoms with Crippen molar-refractivity contribution in [3.8, 4) is 0 Å². The lowest BCUT2D eigenvalue weighted by atomic mass is 10.2. The molecule has 1 N–H and O–H groups in total. The van der Waals surface area contributed by atoms with Gasteiger partial charge in [-0.05, 0) is 12.1 Å². The van der Waals surface area contributed by atoms with Crippen LogP contribution in [0.15, 0.2) is 47.2 Å². The highest BCUT2D eigenvalue weighted by molar-refractivity contribution is 5.91. The van der Waals surface area contributed by atoms with Crippen molar-refractivity contribution >= 4 is 11.6 Å². The van der Waals surface area contributed by atoms with Crippen molar-refractivity contribution in [3.05, 3.63) is 48.4 Å². The van der Waals surface area contributed by atoms with Crippen LogP contribution in [0.3, 0.4) is 0 Å². The zero-order valence-electron chi connectivity index (χ0n) is 8.01. The van der Waals surface area contributed by atoms with Gasteiger partial charge in [0.1, 0.15) is 6.26 Å². The highest BCUT2D eigenvalue weighted by Crippen LogP contribution is 2.06. The monoisotopic (exact) mass is 202 g/mol. The minimum atomic E-state index is -0.102. The molecule has 1 heterocycles. The number of benzene rings is 1. The number of hydrogen-bond acceptors (Lipinski definition) is 3.